The minimum atomic E-state index is -3.97. The highest BCUT2D eigenvalue weighted by Gasteiger charge is 2.13. The van der Waals surface area contributed by atoms with E-state index in [1.807, 2.05) is 0 Å². The molecule has 9 nitrogen and oxygen atoms in total. The van der Waals surface area contributed by atoms with Crippen molar-refractivity contribution in [3.63, 3.8) is 0 Å². The van der Waals surface area contributed by atoms with E-state index < -0.39 is 22.0 Å². The Morgan fingerprint density at radius 2 is 2.04 bits per heavy atom. The zero-order chi connectivity index (χ0) is 17.6. The number of carbonyl (C=O) groups is 2. The lowest BCUT2D eigenvalue weighted by atomic mass is 10.3. The summed E-state index contributed by atoms with van der Waals surface area (Å²) >= 11 is 0. The van der Waals surface area contributed by atoms with Crippen molar-refractivity contribution in [1.82, 2.24) is 5.32 Å². The molecule has 0 bridgehead atoms. The number of sulfonamides is 1. The number of hydrogen-bond donors (Lipinski definition) is 4. The zero-order valence-electron chi connectivity index (χ0n) is 12.3. The summed E-state index contributed by atoms with van der Waals surface area (Å²) in [7, 11) is -3.97. The van der Waals surface area contributed by atoms with Crippen molar-refractivity contribution in [2.24, 2.45) is 5.14 Å². The van der Waals surface area contributed by atoms with Crippen LogP contribution in [0.15, 0.2) is 35.2 Å². The number of amides is 2. The van der Waals surface area contributed by atoms with Crippen LogP contribution in [0, 0.1) is 0 Å². The van der Waals surface area contributed by atoms with E-state index in [2.05, 4.69) is 17.2 Å². The largest absolute Gasteiger partial charge is 0.506 e. The average molecular weight is 343 g/mol. The number of primary sulfonamides is 1. The fraction of sp³-hybridized carbons (Fsp3) is 0.231. The first kappa shape index (κ1) is 18.5. The molecule has 0 aromatic heterocycles. The monoisotopic (exact) mass is 343 g/mol. The Morgan fingerprint density at radius 1 is 1.39 bits per heavy atom. The van der Waals surface area contributed by atoms with E-state index in [1.54, 1.807) is 0 Å². The number of phenolic OH excluding ortho intramolecular Hbond substituents is 1. The maximum Gasteiger partial charge on any atom is 0.333 e. The van der Waals surface area contributed by atoms with Gasteiger partial charge in [-0.1, -0.05) is 6.58 Å². The van der Waals surface area contributed by atoms with Crippen LogP contribution < -0.4 is 15.8 Å². The second-order valence-electron chi connectivity index (χ2n) is 4.52. The molecule has 0 aliphatic rings. The van der Waals surface area contributed by atoms with Crippen LogP contribution >= 0.6 is 0 Å². The molecule has 0 saturated heterocycles. The number of urea groups is 1. The average Bonchev–Trinajstić information content (AvgIpc) is 2.44. The molecule has 10 heteroatoms. The highest BCUT2D eigenvalue weighted by Crippen LogP contribution is 2.25. The standard InChI is InChI=1S/C13H17N3O6S/c1-8(2)12(18)22-6-5-15-13(19)16-10-7-9(23(14,20)21)3-4-11(10)17/h3-4,7,17H,1,5-6H2,2H3,(H2,14,20,21)(H2,15,16,19). The second kappa shape index (κ2) is 7.61. The van der Waals surface area contributed by atoms with Crippen molar-refractivity contribution in [3.05, 3.63) is 30.4 Å². The first-order chi connectivity index (χ1) is 10.6. The maximum absolute atomic E-state index is 11.6. The fourth-order valence-electron chi connectivity index (χ4n) is 1.39. The Kier molecular flexibility index (Phi) is 6.10. The molecule has 1 aromatic rings. The first-order valence-electron chi connectivity index (χ1n) is 6.34. The highest BCUT2D eigenvalue weighted by molar-refractivity contribution is 7.89. The van der Waals surface area contributed by atoms with Crippen LogP contribution in [0.1, 0.15) is 6.92 Å². The number of benzene rings is 1. The van der Waals surface area contributed by atoms with Gasteiger partial charge in [0.05, 0.1) is 17.1 Å². The number of anilines is 1. The molecular formula is C13H17N3O6S. The molecule has 1 aromatic carbocycles. The van der Waals surface area contributed by atoms with Crippen molar-refractivity contribution in [2.45, 2.75) is 11.8 Å². The van der Waals surface area contributed by atoms with Gasteiger partial charge < -0.3 is 20.5 Å². The van der Waals surface area contributed by atoms with Crippen LogP contribution in [0.25, 0.3) is 0 Å². The van der Waals surface area contributed by atoms with Gasteiger partial charge >= 0.3 is 12.0 Å². The van der Waals surface area contributed by atoms with E-state index in [0.29, 0.717) is 0 Å². The minimum Gasteiger partial charge on any atom is -0.506 e. The summed E-state index contributed by atoms with van der Waals surface area (Å²) in [4.78, 5) is 22.5. The molecular weight excluding hydrogens is 326 g/mol. The van der Waals surface area contributed by atoms with Crippen LogP contribution in [0.2, 0.25) is 0 Å². The molecule has 0 atom stereocenters. The van der Waals surface area contributed by atoms with Crippen LogP contribution in [0.3, 0.4) is 0 Å². The molecule has 23 heavy (non-hydrogen) atoms. The number of aromatic hydroxyl groups is 1. The molecule has 5 N–H and O–H groups in total. The summed E-state index contributed by atoms with van der Waals surface area (Å²) in [6.45, 7) is 4.84. The van der Waals surface area contributed by atoms with E-state index in [0.717, 1.165) is 18.2 Å². The van der Waals surface area contributed by atoms with Crippen molar-refractivity contribution >= 4 is 27.7 Å². The third kappa shape index (κ3) is 5.96. The third-order valence-electron chi connectivity index (χ3n) is 2.51. The summed E-state index contributed by atoms with van der Waals surface area (Å²) in [5.74, 6) is -0.910. The van der Waals surface area contributed by atoms with Gasteiger partial charge in [0.15, 0.2) is 0 Å². The minimum absolute atomic E-state index is 0.0144. The number of nitrogens with two attached hydrogens (primary N) is 1. The lowest BCUT2D eigenvalue weighted by Gasteiger charge is -2.10. The summed E-state index contributed by atoms with van der Waals surface area (Å²) < 4.78 is 27.2. The summed E-state index contributed by atoms with van der Waals surface area (Å²) in [6, 6.07) is 2.48. The number of ether oxygens (including phenoxy) is 1. The fourth-order valence-corrected chi connectivity index (χ4v) is 1.93. The topological polar surface area (TPSA) is 148 Å². The van der Waals surface area contributed by atoms with Gasteiger partial charge in [-0.25, -0.2) is 23.1 Å². The van der Waals surface area contributed by atoms with E-state index >= 15 is 0 Å². The highest BCUT2D eigenvalue weighted by atomic mass is 32.2. The van der Waals surface area contributed by atoms with E-state index in [4.69, 9.17) is 9.88 Å². The van der Waals surface area contributed by atoms with Gasteiger partial charge in [-0.3, -0.25) is 0 Å². The predicted octanol–water partition coefficient (Wildman–Crippen LogP) is 0.280. The molecule has 0 spiro atoms. The normalized spacial score (nSPS) is 10.7. The van der Waals surface area contributed by atoms with E-state index in [-0.39, 0.29) is 35.1 Å². The van der Waals surface area contributed by atoms with Crippen LogP contribution in [0.5, 0.6) is 5.75 Å². The molecule has 0 saturated carbocycles. The lowest BCUT2D eigenvalue weighted by Crippen LogP contribution is -2.32. The Hall–Kier alpha value is -2.59. The zero-order valence-corrected chi connectivity index (χ0v) is 13.1. The van der Waals surface area contributed by atoms with Crippen molar-refractivity contribution in [1.29, 1.82) is 0 Å². The second-order valence-corrected chi connectivity index (χ2v) is 6.08. The lowest BCUT2D eigenvalue weighted by molar-refractivity contribution is -0.138. The quantitative estimate of drug-likeness (QED) is 0.252. The maximum atomic E-state index is 11.6. The number of carbonyl (C=O) groups excluding carboxylic acids is 2. The van der Waals surface area contributed by atoms with E-state index in [1.165, 1.54) is 6.92 Å². The Labute approximate surface area is 133 Å². The molecule has 0 aliphatic carbocycles. The molecule has 0 aliphatic heterocycles. The van der Waals surface area contributed by atoms with Crippen LogP contribution in [0.4, 0.5) is 10.5 Å². The van der Waals surface area contributed by atoms with Gasteiger partial charge in [-0.15, -0.1) is 0 Å². The Balaban J connectivity index is 2.58. The van der Waals surface area contributed by atoms with Crippen LogP contribution in [-0.2, 0) is 19.6 Å². The van der Waals surface area contributed by atoms with E-state index in [9.17, 15) is 23.1 Å². The van der Waals surface area contributed by atoms with Crippen molar-refractivity contribution < 1.29 is 27.9 Å². The number of esters is 1. The van der Waals surface area contributed by atoms with Gasteiger partial charge in [0.25, 0.3) is 0 Å². The molecule has 1 rings (SSSR count). The predicted molar refractivity (Wildman–Crippen MR) is 82.3 cm³/mol. The number of hydrogen-bond acceptors (Lipinski definition) is 6. The number of phenols is 1. The van der Waals surface area contributed by atoms with Gasteiger partial charge in [0.2, 0.25) is 10.0 Å². The molecule has 0 radical (unpaired) electrons. The molecule has 126 valence electrons. The Bertz CT molecular complexity index is 729. The number of nitrogens with one attached hydrogen (secondary N) is 2. The van der Waals surface area contributed by atoms with Crippen molar-refractivity contribution in [2.75, 3.05) is 18.5 Å². The third-order valence-corrected chi connectivity index (χ3v) is 3.42. The molecule has 0 unspecified atom stereocenters. The first-order valence-corrected chi connectivity index (χ1v) is 7.89. The molecule has 2 amide bonds. The molecule has 0 heterocycles. The summed E-state index contributed by atoms with van der Waals surface area (Å²) in [5, 5.41) is 19.2. The van der Waals surface area contributed by atoms with Crippen molar-refractivity contribution in [3.8, 4) is 5.75 Å². The van der Waals surface area contributed by atoms with Gasteiger partial charge in [-0.05, 0) is 25.1 Å². The van der Waals surface area contributed by atoms with Gasteiger partial charge in [-0.2, -0.15) is 0 Å². The molecule has 0 fully saturated rings. The summed E-state index contributed by atoms with van der Waals surface area (Å²) in [6.07, 6.45) is 0. The number of rotatable bonds is 6. The Morgan fingerprint density at radius 3 is 2.61 bits per heavy atom. The van der Waals surface area contributed by atoms with Gasteiger partial charge in [0.1, 0.15) is 12.4 Å². The van der Waals surface area contributed by atoms with Crippen LogP contribution in [-0.4, -0.2) is 38.7 Å². The SMILES string of the molecule is C=C(C)C(=O)OCCNC(=O)Nc1cc(S(N)(=O)=O)ccc1O. The van der Waals surface area contributed by atoms with Gasteiger partial charge in [0, 0.05) is 5.57 Å². The smallest absolute Gasteiger partial charge is 0.333 e. The summed E-state index contributed by atoms with van der Waals surface area (Å²) in [5.41, 5.74) is 0.104.